The van der Waals surface area contributed by atoms with Gasteiger partial charge in [0, 0.05) is 5.33 Å². The first-order valence-electron chi connectivity index (χ1n) is 5.51. The Balaban J connectivity index is 2.55. The number of nitrogens with zero attached hydrogens (tertiary/aromatic N) is 1. The zero-order valence-electron chi connectivity index (χ0n) is 10.3. The van der Waals surface area contributed by atoms with E-state index < -0.39 is 5.60 Å². The van der Waals surface area contributed by atoms with Gasteiger partial charge in [0.15, 0.2) is 0 Å². The van der Waals surface area contributed by atoms with Crippen molar-refractivity contribution in [2.45, 2.75) is 45.5 Å². The van der Waals surface area contributed by atoms with Gasteiger partial charge in [-0.1, -0.05) is 15.9 Å². The van der Waals surface area contributed by atoms with Crippen molar-refractivity contribution in [3.8, 4) is 0 Å². The largest absolute Gasteiger partial charge is 0.444 e. The number of hydrogen-bond acceptors (Lipinski definition) is 3. The fourth-order valence-corrected chi connectivity index (χ4v) is 1.96. The SMILES string of the molecule is C[C@@H]1CN(C(=O)OC(C)(C)C)C[C@@H](CBr)O1. The molecule has 0 bridgehead atoms. The van der Waals surface area contributed by atoms with Gasteiger partial charge in [0.25, 0.3) is 0 Å². The van der Waals surface area contributed by atoms with Gasteiger partial charge in [0.05, 0.1) is 25.3 Å². The quantitative estimate of drug-likeness (QED) is 0.697. The van der Waals surface area contributed by atoms with Crippen molar-refractivity contribution in [1.82, 2.24) is 4.90 Å². The van der Waals surface area contributed by atoms with Gasteiger partial charge in [-0.05, 0) is 27.7 Å². The summed E-state index contributed by atoms with van der Waals surface area (Å²) >= 11 is 3.37. The van der Waals surface area contributed by atoms with E-state index in [9.17, 15) is 4.79 Å². The lowest BCUT2D eigenvalue weighted by Crippen LogP contribution is -2.51. The highest BCUT2D eigenvalue weighted by atomic mass is 79.9. The molecule has 1 aliphatic rings. The number of carbonyl (C=O) groups is 1. The predicted octanol–water partition coefficient (Wildman–Crippen LogP) is 2.41. The molecule has 0 N–H and O–H groups in total. The maximum Gasteiger partial charge on any atom is 0.410 e. The molecule has 1 aliphatic heterocycles. The molecule has 0 aromatic rings. The lowest BCUT2D eigenvalue weighted by molar-refractivity contribution is -0.0702. The van der Waals surface area contributed by atoms with Crippen molar-refractivity contribution in [2.24, 2.45) is 0 Å². The van der Waals surface area contributed by atoms with Gasteiger partial charge in [-0.2, -0.15) is 0 Å². The van der Waals surface area contributed by atoms with Crippen molar-refractivity contribution in [1.29, 1.82) is 0 Å². The summed E-state index contributed by atoms with van der Waals surface area (Å²) in [5, 5.41) is 0.733. The van der Waals surface area contributed by atoms with E-state index in [0.717, 1.165) is 5.33 Å². The summed E-state index contributed by atoms with van der Waals surface area (Å²) in [5.41, 5.74) is -0.442. The van der Waals surface area contributed by atoms with E-state index in [0.29, 0.717) is 13.1 Å². The fourth-order valence-electron chi connectivity index (χ4n) is 1.61. The Kier molecular flexibility index (Phi) is 4.62. The molecule has 5 heteroatoms. The summed E-state index contributed by atoms with van der Waals surface area (Å²) in [7, 11) is 0. The minimum Gasteiger partial charge on any atom is -0.444 e. The topological polar surface area (TPSA) is 38.8 Å². The number of halogens is 1. The molecule has 2 atom stereocenters. The molecule has 4 nitrogen and oxygen atoms in total. The zero-order chi connectivity index (χ0) is 12.3. The van der Waals surface area contributed by atoms with Gasteiger partial charge in [0.1, 0.15) is 5.60 Å². The number of ether oxygens (including phenoxy) is 2. The highest BCUT2D eigenvalue weighted by Crippen LogP contribution is 2.16. The van der Waals surface area contributed by atoms with Gasteiger partial charge in [-0.15, -0.1) is 0 Å². The molecule has 94 valence electrons. The van der Waals surface area contributed by atoms with Gasteiger partial charge >= 0.3 is 6.09 Å². The maximum atomic E-state index is 11.9. The number of amides is 1. The Morgan fingerprint density at radius 1 is 1.50 bits per heavy atom. The van der Waals surface area contributed by atoms with Gasteiger partial charge in [0.2, 0.25) is 0 Å². The van der Waals surface area contributed by atoms with Crippen LogP contribution < -0.4 is 0 Å². The predicted molar refractivity (Wildman–Crippen MR) is 65.9 cm³/mol. The molecule has 1 heterocycles. The minimum absolute atomic E-state index is 0.0521. The normalized spacial score (nSPS) is 26.7. The average Bonchev–Trinajstić information content (AvgIpc) is 2.14. The number of morpholine rings is 1. The Labute approximate surface area is 105 Å². The van der Waals surface area contributed by atoms with Crippen LogP contribution in [0.2, 0.25) is 0 Å². The second kappa shape index (κ2) is 5.36. The standard InChI is InChI=1S/C11H20BrNO3/c1-8-6-13(7-9(5-12)15-8)10(14)16-11(2,3)4/h8-9H,5-7H2,1-4H3/t8-,9-/m1/s1. The molecular weight excluding hydrogens is 274 g/mol. The first-order chi connectivity index (χ1) is 7.31. The van der Waals surface area contributed by atoms with Crippen LogP contribution in [0.5, 0.6) is 0 Å². The number of rotatable bonds is 1. The molecular formula is C11H20BrNO3. The zero-order valence-corrected chi connectivity index (χ0v) is 11.9. The van der Waals surface area contributed by atoms with Gasteiger partial charge in [-0.25, -0.2) is 4.79 Å². The van der Waals surface area contributed by atoms with E-state index in [4.69, 9.17) is 9.47 Å². The van der Waals surface area contributed by atoms with E-state index in [1.807, 2.05) is 27.7 Å². The first kappa shape index (κ1) is 13.8. The average molecular weight is 294 g/mol. The molecule has 1 amide bonds. The van der Waals surface area contributed by atoms with Crippen LogP contribution in [0.1, 0.15) is 27.7 Å². The minimum atomic E-state index is -0.442. The van der Waals surface area contributed by atoms with Crippen LogP contribution in [0.3, 0.4) is 0 Å². The Hall–Kier alpha value is -0.290. The number of hydrogen-bond donors (Lipinski definition) is 0. The molecule has 1 fully saturated rings. The molecule has 0 aromatic heterocycles. The van der Waals surface area contributed by atoms with Crippen molar-refractivity contribution < 1.29 is 14.3 Å². The molecule has 0 spiro atoms. The Bertz CT molecular complexity index is 252. The van der Waals surface area contributed by atoms with Gasteiger partial charge in [-0.3, -0.25) is 0 Å². The van der Waals surface area contributed by atoms with Crippen LogP contribution in [0.15, 0.2) is 0 Å². The van der Waals surface area contributed by atoms with Gasteiger partial charge < -0.3 is 14.4 Å². The highest BCUT2D eigenvalue weighted by Gasteiger charge is 2.30. The molecule has 0 aromatic carbocycles. The molecule has 0 radical (unpaired) electrons. The van der Waals surface area contributed by atoms with Crippen molar-refractivity contribution in [3.63, 3.8) is 0 Å². The third kappa shape index (κ3) is 4.29. The second-order valence-corrected chi connectivity index (χ2v) is 5.76. The molecule has 0 unspecified atom stereocenters. The third-order valence-electron chi connectivity index (χ3n) is 2.15. The molecule has 0 aliphatic carbocycles. The van der Waals surface area contributed by atoms with Crippen LogP contribution in [-0.4, -0.2) is 47.2 Å². The van der Waals surface area contributed by atoms with Crippen molar-refractivity contribution >= 4 is 22.0 Å². The van der Waals surface area contributed by atoms with E-state index in [-0.39, 0.29) is 18.3 Å². The highest BCUT2D eigenvalue weighted by molar-refractivity contribution is 9.09. The first-order valence-corrected chi connectivity index (χ1v) is 6.63. The van der Waals surface area contributed by atoms with E-state index in [1.165, 1.54) is 0 Å². The maximum absolute atomic E-state index is 11.9. The number of alkyl halides is 1. The molecule has 16 heavy (non-hydrogen) atoms. The van der Waals surface area contributed by atoms with Crippen LogP contribution in [0, 0.1) is 0 Å². The molecule has 1 saturated heterocycles. The summed E-state index contributed by atoms with van der Waals surface area (Å²) in [5.74, 6) is 0. The summed E-state index contributed by atoms with van der Waals surface area (Å²) in [6.07, 6.45) is -0.145. The third-order valence-corrected chi connectivity index (χ3v) is 2.87. The lowest BCUT2D eigenvalue weighted by atomic mass is 10.2. The molecule has 1 rings (SSSR count). The second-order valence-electron chi connectivity index (χ2n) is 5.11. The van der Waals surface area contributed by atoms with E-state index >= 15 is 0 Å². The van der Waals surface area contributed by atoms with Crippen LogP contribution in [0.25, 0.3) is 0 Å². The summed E-state index contributed by atoms with van der Waals surface area (Å²) in [4.78, 5) is 13.6. The van der Waals surface area contributed by atoms with E-state index in [2.05, 4.69) is 15.9 Å². The summed E-state index contributed by atoms with van der Waals surface area (Å²) in [6, 6.07) is 0. The Morgan fingerprint density at radius 3 is 2.62 bits per heavy atom. The lowest BCUT2D eigenvalue weighted by Gasteiger charge is -2.36. The summed E-state index contributed by atoms with van der Waals surface area (Å²) in [6.45, 7) is 8.76. The van der Waals surface area contributed by atoms with Crippen LogP contribution in [0.4, 0.5) is 4.79 Å². The fraction of sp³-hybridized carbons (Fsp3) is 0.909. The van der Waals surface area contributed by atoms with Crippen LogP contribution >= 0.6 is 15.9 Å². The summed E-state index contributed by atoms with van der Waals surface area (Å²) < 4.78 is 11.0. The Morgan fingerprint density at radius 2 is 2.12 bits per heavy atom. The van der Waals surface area contributed by atoms with E-state index in [1.54, 1.807) is 4.90 Å². The smallest absolute Gasteiger partial charge is 0.410 e. The van der Waals surface area contributed by atoms with Crippen molar-refractivity contribution in [2.75, 3.05) is 18.4 Å². The number of carbonyl (C=O) groups excluding carboxylic acids is 1. The molecule has 0 saturated carbocycles. The monoisotopic (exact) mass is 293 g/mol. The van der Waals surface area contributed by atoms with Crippen molar-refractivity contribution in [3.05, 3.63) is 0 Å². The van der Waals surface area contributed by atoms with Crippen LogP contribution in [-0.2, 0) is 9.47 Å².